The number of amides is 6. The number of benzene rings is 2. The quantitative estimate of drug-likeness (QED) is 0.421. The van der Waals surface area contributed by atoms with Crippen LogP contribution in [0.5, 0.6) is 0 Å². The molecule has 0 bridgehead atoms. The van der Waals surface area contributed by atoms with Gasteiger partial charge in [-0.15, -0.1) is 0 Å². The third kappa shape index (κ3) is 6.64. The highest BCUT2D eigenvalue weighted by molar-refractivity contribution is 6.43. The third-order valence-corrected chi connectivity index (χ3v) is 9.21. The van der Waals surface area contributed by atoms with Crippen LogP contribution in [-0.2, 0) is 16.0 Å². The maximum Gasteiger partial charge on any atom is 0.327 e. The average molecular weight is 644 g/mol. The van der Waals surface area contributed by atoms with E-state index in [4.69, 9.17) is 23.2 Å². The van der Waals surface area contributed by atoms with Crippen LogP contribution in [0.15, 0.2) is 48.7 Å². The van der Waals surface area contributed by atoms with Gasteiger partial charge in [0.25, 0.3) is 0 Å². The summed E-state index contributed by atoms with van der Waals surface area (Å²) in [6, 6.07) is 11.4. The van der Waals surface area contributed by atoms with Crippen LogP contribution in [0.25, 0.3) is 5.57 Å². The highest BCUT2D eigenvalue weighted by atomic mass is 35.5. The summed E-state index contributed by atoms with van der Waals surface area (Å²) in [5.74, 6) is -0.537. The molecule has 2 atom stereocenters. The lowest BCUT2D eigenvalue weighted by Crippen LogP contribution is -2.58. The second-order valence-corrected chi connectivity index (χ2v) is 12.1. The van der Waals surface area contributed by atoms with Gasteiger partial charge in [0.15, 0.2) is 6.23 Å². The van der Waals surface area contributed by atoms with Gasteiger partial charge in [0.2, 0.25) is 11.8 Å². The van der Waals surface area contributed by atoms with Crippen molar-refractivity contribution in [1.29, 1.82) is 0 Å². The Morgan fingerprint density at radius 1 is 1.07 bits per heavy atom. The molecule has 6 amide bonds. The predicted molar refractivity (Wildman–Crippen MR) is 168 cm³/mol. The molecule has 3 heterocycles. The molecule has 1 unspecified atom stereocenters. The second-order valence-electron chi connectivity index (χ2n) is 11.3. The highest BCUT2D eigenvalue weighted by Crippen LogP contribution is 2.36. The number of aliphatic hydroxyl groups excluding tert-OH is 1. The van der Waals surface area contributed by atoms with Crippen LogP contribution in [-0.4, -0.2) is 99.6 Å². The molecular formula is C31H36Cl2N6O5. The Morgan fingerprint density at radius 3 is 2.52 bits per heavy atom. The van der Waals surface area contributed by atoms with Gasteiger partial charge in [-0.25, -0.2) is 9.59 Å². The van der Waals surface area contributed by atoms with E-state index in [-0.39, 0.29) is 47.0 Å². The Balaban J connectivity index is 1.29. The molecule has 11 nitrogen and oxygen atoms in total. The van der Waals surface area contributed by atoms with Gasteiger partial charge in [-0.3, -0.25) is 19.4 Å². The number of carbonyl (C=O) groups excluding carboxylic acids is 4. The molecule has 0 spiro atoms. The number of nitrogens with one attached hydrogen (secondary N) is 2. The summed E-state index contributed by atoms with van der Waals surface area (Å²) in [6.45, 7) is 4.36. The van der Waals surface area contributed by atoms with Crippen molar-refractivity contribution in [1.82, 2.24) is 24.9 Å². The molecule has 0 saturated carbocycles. The fourth-order valence-corrected chi connectivity index (χ4v) is 6.38. The van der Waals surface area contributed by atoms with Crippen LogP contribution >= 0.6 is 23.2 Å². The van der Waals surface area contributed by atoms with Crippen molar-refractivity contribution < 1.29 is 24.3 Å². The minimum atomic E-state index is -1.39. The minimum Gasteiger partial charge on any atom is -0.369 e. The van der Waals surface area contributed by atoms with Crippen LogP contribution in [0.2, 0.25) is 10.0 Å². The number of anilines is 1. The molecule has 2 aromatic carbocycles. The monoisotopic (exact) mass is 642 g/mol. The number of urea groups is 2. The van der Waals surface area contributed by atoms with E-state index in [9.17, 15) is 24.3 Å². The Morgan fingerprint density at radius 2 is 1.80 bits per heavy atom. The molecule has 0 aromatic heterocycles. The molecule has 44 heavy (non-hydrogen) atoms. The van der Waals surface area contributed by atoms with Gasteiger partial charge < -0.3 is 25.5 Å². The van der Waals surface area contributed by atoms with Crippen LogP contribution < -0.4 is 10.6 Å². The lowest BCUT2D eigenvalue weighted by atomic mass is 10.0. The van der Waals surface area contributed by atoms with Crippen LogP contribution in [0.1, 0.15) is 37.8 Å². The number of hydrogen-bond acceptors (Lipinski definition) is 5. The first-order valence-corrected chi connectivity index (χ1v) is 15.4. The van der Waals surface area contributed by atoms with E-state index in [0.29, 0.717) is 43.6 Å². The molecule has 0 aliphatic carbocycles. The van der Waals surface area contributed by atoms with Crippen molar-refractivity contribution >= 4 is 58.3 Å². The summed E-state index contributed by atoms with van der Waals surface area (Å²) >= 11 is 12.7. The molecule has 0 radical (unpaired) electrons. The number of carbonyl (C=O) groups is 4. The van der Waals surface area contributed by atoms with E-state index in [1.165, 1.54) is 22.9 Å². The zero-order chi connectivity index (χ0) is 31.5. The molecule has 1 fully saturated rings. The summed E-state index contributed by atoms with van der Waals surface area (Å²) in [4.78, 5) is 57.8. The zero-order valence-electron chi connectivity index (χ0n) is 24.6. The standard InChI is InChI=1S/C31H36Cl2N6O5/c1-19(16-34-20(2)40)39-29(42)24(23-7-5-8-25(32)28(23)33)17-37(31(39)44)18-27(41)36-13-11-22(12-14-36)38-15-10-21-6-3-4-9-26(21)35-30(38)43/h3-9,17,19,22,29,42H,10-16,18H2,1-2H3,(H,34,40)(H,35,43)/t19-,29?/m0/s1. The van der Waals surface area contributed by atoms with Crippen molar-refractivity contribution in [2.45, 2.75) is 51.4 Å². The minimum absolute atomic E-state index is 0.0123. The molecule has 5 rings (SSSR count). The number of halogens is 2. The highest BCUT2D eigenvalue weighted by Gasteiger charge is 2.39. The maximum absolute atomic E-state index is 13.6. The van der Waals surface area contributed by atoms with E-state index < -0.39 is 18.3 Å². The Hall–Kier alpha value is -3.80. The zero-order valence-corrected chi connectivity index (χ0v) is 26.1. The Bertz CT molecular complexity index is 1480. The number of fused-ring (bicyclic) bond motifs is 1. The van der Waals surface area contributed by atoms with Gasteiger partial charge in [-0.2, -0.15) is 0 Å². The summed E-state index contributed by atoms with van der Waals surface area (Å²) in [5.41, 5.74) is 2.65. The normalized spacial score (nSPS) is 20.0. The Kier molecular flexibility index (Phi) is 9.67. The number of likely N-dealkylation sites (tertiary alicyclic amines) is 1. The largest absolute Gasteiger partial charge is 0.369 e. The van der Waals surface area contributed by atoms with Crippen LogP contribution in [0, 0.1) is 0 Å². The van der Waals surface area contributed by atoms with Gasteiger partial charge in [0.1, 0.15) is 6.54 Å². The summed E-state index contributed by atoms with van der Waals surface area (Å²) < 4.78 is 0. The summed E-state index contributed by atoms with van der Waals surface area (Å²) in [5, 5.41) is 17.5. The van der Waals surface area contributed by atoms with Crippen molar-refractivity contribution in [3.8, 4) is 0 Å². The first kappa shape index (κ1) is 31.6. The van der Waals surface area contributed by atoms with Crippen molar-refractivity contribution in [2.75, 3.05) is 38.0 Å². The van der Waals surface area contributed by atoms with E-state index in [1.54, 1.807) is 30.0 Å². The lowest BCUT2D eigenvalue weighted by molar-refractivity contribution is -0.133. The first-order chi connectivity index (χ1) is 21.0. The van der Waals surface area contributed by atoms with Crippen molar-refractivity contribution in [2.24, 2.45) is 0 Å². The van der Waals surface area contributed by atoms with E-state index in [0.717, 1.165) is 17.7 Å². The number of aliphatic hydroxyl groups is 1. The number of rotatable bonds is 7. The first-order valence-electron chi connectivity index (χ1n) is 14.7. The molecule has 2 aromatic rings. The van der Waals surface area contributed by atoms with Gasteiger partial charge in [-0.1, -0.05) is 53.5 Å². The molecular weight excluding hydrogens is 607 g/mol. The van der Waals surface area contributed by atoms with Gasteiger partial charge in [0, 0.05) is 62.2 Å². The van der Waals surface area contributed by atoms with Gasteiger partial charge >= 0.3 is 12.1 Å². The number of para-hydroxylation sites is 1. The predicted octanol–water partition coefficient (Wildman–Crippen LogP) is 4.00. The molecule has 3 aliphatic heterocycles. The summed E-state index contributed by atoms with van der Waals surface area (Å²) in [7, 11) is 0. The fourth-order valence-electron chi connectivity index (χ4n) is 5.97. The molecule has 1 saturated heterocycles. The van der Waals surface area contributed by atoms with Crippen molar-refractivity contribution in [3.05, 3.63) is 69.8 Å². The maximum atomic E-state index is 13.6. The molecule has 234 valence electrons. The van der Waals surface area contributed by atoms with Crippen LogP contribution in [0.4, 0.5) is 15.3 Å². The van der Waals surface area contributed by atoms with Crippen molar-refractivity contribution in [3.63, 3.8) is 0 Å². The van der Waals surface area contributed by atoms with E-state index in [1.807, 2.05) is 29.2 Å². The topological polar surface area (TPSA) is 126 Å². The van der Waals surface area contributed by atoms with Gasteiger partial charge in [0.05, 0.1) is 16.1 Å². The smallest absolute Gasteiger partial charge is 0.327 e. The second kappa shape index (κ2) is 13.5. The number of nitrogens with zero attached hydrogens (tertiary/aromatic N) is 4. The van der Waals surface area contributed by atoms with E-state index in [2.05, 4.69) is 10.6 Å². The van der Waals surface area contributed by atoms with Crippen LogP contribution in [0.3, 0.4) is 0 Å². The molecule has 3 aliphatic rings. The SMILES string of the molecule is CC(=O)NC[C@H](C)N1C(=O)N(CC(=O)N2CCC(N3CCc4ccccc4NC3=O)CC2)C=C(c2cccc(Cl)c2Cl)C1O. The average Bonchev–Trinajstić information content (AvgIpc) is 3.17. The lowest BCUT2D eigenvalue weighted by Gasteiger charge is -2.42. The number of piperidine rings is 1. The fraction of sp³-hybridized carbons (Fsp3) is 0.419. The molecule has 3 N–H and O–H groups in total. The third-order valence-electron chi connectivity index (χ3n) is 8.39. The number of hydrogen-bond donors (Lipinski definition) is 3. The van der Waals surface area contributed by atoms with Gasteiger partial charge in [-0.05, 0) is 43.9 Å². The van der Waals surface area contributed by atoms with E-state index >= 15 is 0 Å². The molecule has 13 heteroatoms. The Labute approximate surface area is 266 Å². The summed E-state index contributed by atoms with van der Waals surface area (Å²) in [6.07, 6.45) is 2.02.